The van der Waals surface area contributed by atoms with Crippen molar-refractivity contribution in [3.8, 4) is 0 Å². The molecule has 3 heteroatoms. The van der Waals surface area contributed by atoms with Crippen LogP contribution in [0.25, 0.3) is 0 Å². The predicted octanol–water partition coefficient (Wildman–Crippen LogP) is 3.29. The maximum Gasteiger partial charge on any atom is 0.261 e. The van der Waals surface area contributed by atoms with Crippen molar-refractivity contribution in [3.05, 3.63) is 21.3 Å². The lowest BCUT2D eigenvalue weighted by Crippen LogP contribution is -2.00. The Labute approximate surface area is 72.1 Å². The number of halogens is 3. The monoisotopic (exact) mass is 256 g/mol. The fourth-order valence-corrected chi connectivity index (χ4v) is 1.62. The standard InChI is InChI=1S/C7H7F2I/c8-7(9)5-3-1-2-4-6(5)10/h2,4,7H,1,3H2. The van der Waals surface area contributed by atoms with Crippen LogP contribution in [0.1, 0.15) is 12.8 Å². The molecule has 0 saturated carbocycles. The first-order chi connectivity index (χ1) is 4.72. The van der Waals surface area contributed by atoms with Crippen LogP contribution >= 0.6 is 22.6 Å². The molecule has 0 unspecified atom stereocenters. The van der Waals surface area contributed by atoms with Crippen molar-refractivity contribution in [1.29, 1.82) is 0 Å². The summed E-state index contributed by atoms with van der Waals surface area (Å²) < 4.78 is 24.9. The van der Waals surface area contributed by atoms with E-state index in [1.807, 2.05) is 28.7 Å². The highest BCUT2D eigenvalue weighted by molar-refractivity contribution is 14.1. The molecule has 0 aromatic rings. The topological polar surface area (TPSA) is 0 Å². The third kappa shape index (κ3) is 1.78. The highest BCUT2D eigenvalue weighted by atomic mass is 127. The van der Waals surface area contributed by atoms with Crippen molar-refractivity contribution in [2.75, 3.05) is 0 Å². The van der Waals surface area contributed by atoms with E-state index in [2.05, 4.69) is 0 Å². The van der Waals surface area contributed by atoms with E-state index < -0.39 is 6.43 Å². The van der Waals surface area contributed by atoms with Crippen LogP contribution in [0.2, 0.25) is 0 Å². The van der Waals surface area contributed by atoms with E-state index in [9.17, 15) is 8.78 Å². The summed E-state index contributed by atoms with van der Waals surface area (Å²) in [4.78, 5) is 0. The van der Waals surface area contributed by atoms with Crippen LogP contribution < -0.4 is 0 Å². The summed E-state index contributed by atoms with van der Waals surface area (Å²) in [7, 11) is 0. The molecule has 0 aliphatic heterocycles. The Balaban J connectivity index is 2.79. The predicted molar refractivity (Wildman–Crippen MR) is 45.4 cm³/mol. The molecular weight excluding hydrogens is 249 g/mol. The van der Waals surface area contributed by atoms with Gasteiger partial charge in [-0.05, 0) is 35.4 Å². The maximum atomic E-state index is 12.1. The Morgan fingerprint density at radius 1 is 1.50 bits per heavy atom. The molecule has 0 atom stereocenters. The second kappa shape index (κ2) is 3.46. The number of allylic oxidation sites excluding steroid dienone is 4. The van der Waals surface area contributed by atoms with E-state index in [0.717, 1.165) is 6.42 Å². The maximum absolute atomic E-state index is 12.1. The van der Waals surface area contributed by atoms with E-state index in [4.69, 9.17) is 0 Å². The zero-order valence-corrected chi connectivity index (χ0v) is 7.44. The van der Waals surface area contributed by atoms with Gasteiger partial charge >= 0.3 is 0 Å². The minimum atomic E-state index is -2.27. The molecule has 0 N–H and O–H groups in total. The van der Waals surface area contributed by atoms with Crippen LogP contribution in [0, 0.1) is 0 Å². The van der Waals surface area contributed by atoms with E-state index in [-0.39, 0.29) is 0 Å². The van der Waals surface area contributed by atoms with Gasteiger partial charge in [0, 0.05) is 9.15 Å². The molecule has 10 heavy (non-hydrogen) atoms. The van der Waals surface area contributed by atoms with Crippen molar-refractivity contribution in [2.24, 2.45) is 0 Å². The third-order valence-corrected chi connectivity index (χ3v) is 2.47. The number of hydrogen-bond acceptors (Lipinski definition) is 0. The fraction of sp³-hybridized carbons (Fsp3) is 0.429. The molecule has 1 rings (SSSR count). The summed E-state index contributed by atoms with van der Waals surface area (Å²) in [5.74, 6) is 0. The second-order valence-electron chi connectivity index (χ2n) is 2.11. The van der Waals surface area contributed by atoms with Crippen molar-refractivity contribution < 1.29 is 8.78 Å². The smallest absolute Gasteiger partial charge is 0.205 e. The molecule has 0 radical (unpaired) electrons. The van der Waals surface area contributed by atoms with Gasteiger partial charge in [-0.15, -0.1) is 0 Å². The Morgan fingerprint density at radius 3 is 2.60 bits per heavy atom. The van der Waals surface area contributed by atoms with E-state index in [1.165, 1.54) is 0 Å². The van der Waals surface area contributed by atoms with Crippen molar-refractivity contribution in [3.63, 3.8) is 0 Å². The first kappa shape index (κ1) is 8.17. The Morgan fingerprint density at radius 2 is 2.20 bits per heavy atom. The average molecular weight is 256 g/mol. The van der Waals surface area contributed by atoms with E-state index in [0.29, 0.717) is 15.6 Å². The highest BCUT2D eigenvalue weighted by Gasteiger charge is 2.15. The minimum absolute atomic E-state index is 0.295. The molecule has 0 heterocycles. The van der Waals surface area contributed by atoms with Crippen LogP contribution in [0.4, 0.5) is 8.78 Å². The molecule has 1 aliphatic carbocycles. The van der Waals surface area contributed by atoms with Gasteiger partial charge in [0.2, 0.25) is 0 Å². The molecule has 0 aromatic heterocycles. The fourth-order valence-electron chi connectivity index (χ4n) is 0.865. The van der Waals surface area contributed by atoms with E-state index in [1.54, 1.807) is 6.08 Å². The lowest BCUT2D eigenvalue weighted by atomic mass is 10.1. The van der Waals surface area contributed by atoms with E-state index >= 15 is 0 Å². The van der Waals surface area contributed by atoms with Gasteiger partial charge in [-0.2, -0.15) is 0 Å². The minimum Gasteiger partial charge on any atom is -0.205 e. The van der Waals surface area contributed by atoms with Gasteiger partial charge in [0.1, 0.15) is 0 Å². The highest BCUT2D eigenvalue weighted by Crippen LogP contribution is 2.28. The molecule has 0 saturated heterocycles. The second-order valence-corrected chi connectivity index (χ2v) is 3.28. The Hall–Kier alpha value is 0.0700. The zero-order valence-electron chi connectivity index (χ0n) is 5.28. The number of alkyl halides is 2. The van der Waals surface area contributed by atoms with Crippen LogP contribution in [-0.2, 0) is 0 Å². The SMILES string of the molecule is FC(F)C1=C(I)C=CCC1. The molecule has 0 aromatic carbocycles. The van der Waals surface area contributed by atoms with Crippen LogP contribution in [0.3, 0.4) is 0 Å². The van der Waals surface area contributed by atoms with Crippen molar-refractivity contribution >= 4 is 22.6 Å². The molecule has 0 nitrogen and oxygen atoms in total. The molecule has 0 spiro atoms. The molecule has 0 bridgehead atoms. The van der Waals surface area contributed by atoms with Gasteiger partial charge in [0.15, 0.2) is 0 Å². The molecule has 0 fully saturated rings. The van der Waals surface area contributed by atoms with Gasteiger partial charge in [0.25, 0.3) is 6.43 Å². The Bertz CT molecular complexity index is 182. The van der Waals surface area contributed by atoms with Gasteiger partial charge in [-0.25, -0.2) is 8.78 Å². The van der Waals surface area contributed by atoms with Gasteiger partial charge < -0.3 is 0 Å². The summed E-state index contributed by atoms with van der Waals surface area (Å²) in [6.45, 7) is 0. The normalized spacial score (nSPS) is 18.8. The van der Waals surface area contributed by atoms with Crippen LogP contribution in [-0.4, -0.2) is 6.43 Å². The van der Waals surface area contributed by atoms with Gasteiger partial charge in [0.05, 0.1) is 0 Å². The first-order valence-corrected chi connectivity index (χ1v) is 4.13. The van der Waals surface area contributed by atoms with Gasteiger partial charge in [-0.3, -0.25) is 0 Å². The molecule has 56 valence electrons. The van der Waals surface area contributed by atoms with Crippen LogP contribution in [0.5, 0.6) is 0 Å². The summed E-state index contributed by atoms with van der Waals surface area (Å²) in [5.41, 5.74) is 0.295. The number of hydrogen-bond donors (Lipinski definition) is 0. The lowest BCUT2D eigenvalue weighted by Gasteiger charge is -2.09. The molecule has 0 amide bonds. The zero-order chi connectivity index (χ0) is 7.56. The van der Waals surface area contributed by atoms with Crippen molar-refractivity contribution in [2.45, 2.75) is 19.3 Å². The first-order valence-electron chi connectivity index (χ1n) is 3.05. The molecular formula is C7H7F2I. The third-order valence-electron chi connectivity index (χ3n) is 1.41. The quantitative estimate of drug-likeness (QED) is 0.631. The van der Waals surface area contributed by atoms with Crippen molar-refractivity contribution in [1.82, 2.24) is 0 Å². The lowest BCUT2D eigenvalue weighted by molar-refractivity contribution is 0.184. The molecule has 1 aliphatic rings. The summed E-state index contributed by atoms with van der Waals surface area (Å²) in [6, 6.07) is 0. The Kier molecular flexibility index (Phi) is 2.82. The van der Waals surface area contributed by atoms with Gasteiger partial charge in [-0.1, -0.05) is 12.2 Å². The number of rotatable bonds is 1. The average Bonchev–Trinajstić information content (AvgIpc) is 1.88. The summed E-state index contributed by atoms with van der Waals surface area (Å²) in [5, 5.41) is 0. The summed E-state index contributed by atoms with van der Waals surface area (Å²) >= 11 is 1.95. The largest absolute Gasteiger partial charge is 0.261 e. The summed E-state index contributed by atoms with van der Waals surface area (Å²) in [6.07, 6.45) is 2.69. The van der Waals surface area contributed by atoms with Crippen LogP contribution in [0.15, 0.2) is 21.3 Å².